The first-order valence-electron chi connectivity index (χ1n) is 9.30. The van der Waals surface area contributed by atoms with Gasteiger partial charge in [-0.2, -0.15) is 15.0 Å². The molecule has 2 aromatic carbocycles. The molecular weight excluding hydrogens is 382 g/mol. The van der Waals surface area contributed by atoms with E-state index in [2.05, 4.69) is 15.0 Å². The molecule has 0 radical (unpaired) electrons. The molecule has 0 aliphatic heterocycles. The average molecular weight is 405 g/mol. The van der Waals surface area contributed by atoms with Crippen LogP contribution in [0, 0.1) is 0 Å². The van der Waals surface area contributed by atoms with E-state index < -0.39 is 0 Å². The molecule has 0 amide bonds. The van der Waals surface area contributed by atoms with Crippen molar-refractivity contribution in [3.63, 3.8) is 0 Å². The molecule has 1 aromatic heterocycles. The van der Waals surface area contributed by atoms with Crippen molar-refractivity contribution in [2.24, 2.45) is 0 Å². The third-order valence-electron chi connectivity index (χ3n) is 4.18. The molecule has 3 rings (SSSR count). The Labute approximate surface area is 175 Å². The van der Waals surface area contributed by atoms with Gasteiger partial charge in [0.05, 0.1) is 19.6 Å². The van der Waals surface area contributed by atoms with E-state index in [4.69, 9.17) is 4.74 Å². The number of hydrogen-bond donors (Lipinski definition) is 2. The highest BCUT2D eigenvalue weighted by Crippen LogP contribution is 2.28. The summed E-state index contributed by atoms with van der Waals surface area (Å²) in [6, 6.07) is 19.3. The van der Waals surface area contributed by atoms with Crippen molar-refractivity contribution in [2.45, 2.75) is 0 Å². The van der Waals surface area contributed by atoms with Gasteiger partial charge in [0, 0.05) is 24.5 Å². The fourth-order valence-electron chi connectivity index (χ4n) is 2.79. The van der Waals surface area contributed by atoms with Crippen LogP contribution in [0.2, 0.25) is 0 Å². The maximum absolute atomic E-state index is 9.17. The van der Waals surface area contributed by atoms with Gasteiger partial charge in [0.25, 0.3) is 0 Å². The second kappa shape index (κ2) is 10.5. The first-order valence-corrected chi connectivity index (χ1v) is 9.30. The fraction of sp³-hybridized carbons (Fsp3) is 0.136. The summed E-state index contributed by atoms with van der Waals surface area (Å²) in [5, 5.41) is 18.3. The average Bonchev–Trinajstić information content (AvgIpc) is 2.81. The summed E-state index contributed by atoms with van der Waals surface area (Å²) in [4.78, 5) is 17.1. The van der Waals surface area contributed by atoms with Crippen LogP contribution in [0.3, 0.4) is 0 Å². The first kappa shape index (κ1) is 20.7. The van der Waals surface area contributed by atoms with E-state index in [0.717, 1.165) is 23.9 Å². The second-order valence-electron chi connectivity index (χ2n) is 6.08. The van der Waals surface area contributed by atoms with Gasteiger partial charge in [-0.3, -0.25) is 0 Å². The van der Waals surface area contributed by atoms with E-state index in [1.54, 1.807) is 12.2 Å². The van der Waals surface area contributed by atoms with Gasteiger partial charge >= 0.3 is 6.01 Å². The summed E-state index contributed by atoms with van der Waals surface area (Å²) in [5.41, 5.74) is 1.69. The van der Waals surface area contributed by atoms with Crippen LogP contribution in [0.25, 0.3) is 0 Å². The zero-order valence-corrected chi connectivity index (χ0v) is 16.5. The maximum Gasteiger partial charge on any atom is 0.322 e. The van der Waals surface area contributed by atoms with Gasteiger partial charge in [-0.15, -0.1) is 0 Å². The number of methoxy groups -OCH3 is 1. The van der Waals surface area contributed by atoms with Crippen LogP contribution in [-0.2, 0) is 0 Å². The van der Waals surface area contributed by atoms with E-state index in [0.29, 0.717) is 25.0 Å². The van der Waals surface area contributed by atoms with Crippen LogP contribution in [0.15, 0.2) is 85.3 Å². The molecular formula is C22H23N5O3. The van der Waals surface area contributed by atoms with E-state index in [1.165, 1.54) is 7.11 Å². The normalized spacial score (nSPS) is 11.1. The van der Waals surface area contributed by atoms with Crippen LogP contribution in [-0.4, -0.2) is 45.4 Å². The summed E-state index contributed by atoms with van der Waals surface area (Å²) < 4.78 is 5.33. The zero-order chi connectivity index (χ0) is 21.2. The van der Waals surface area contributed by atoms with Crippen molar-refractivity contribution >= 4 is 23.3 Å². The van der Waals surface area contributed by atoms with Crippen LogP contribution in [0.5, 0.6) is 6.01 Å². The standard InChI is InChI=1S/C22H23N5O3/c1-30-22-24-20(26(14-8-16-28)18-10-4-2-5-11-18)23-21(25-22)27(15-9-17-29)19-12-6-3-7-13-19/h2-13,16-17,28-29H,14-15H2,1H3. The van der Waals surface area contributed by atoms with Gasteiger partial charge < -0.3 is 24.7 Å². The van der Waals surface area contributed by atoms with Gasteiger partial charge in [0.1, 0.15) is 0 Å². The summed E-state index contributed by atoms with van der Waals surface area (Å²) in [7, 11) is 1.49. The van der Waals surface area contributed by atoms with Crippen molar-refractivity contribution in [1.82, 2.24) is 15.0 Å². The number of aliphatic hydroxyl groups excluding tert-OH is 2. The molecule has 1 heterocycles. The molecule has 30 heavy (non-hydrogen) atoms. The van der Waals surface area contributed by atoms with Gasteiger partial charge in [-0.05, 0) is 36.4 Å². The number of anilines is 4. The number of benzene rings is 2. The molecule has 3 aromatic rings. The number of hydrogen-bond acceptors (Lipinski definition) is 8. The molecule has 0 saturated heterocycles. The summed E-state index contributed by atoms with van der Waals surface area (Å²) >= 11 is 0. The number of nitrogens with zero attached hydrogens (tertiary/aromatic N) is 5. The molecule has 0 aliphatic rings. The molecule has 0 spiro atoms. The van der Waals surface area contributed by atoms with Crippen molar-refractivity contribution in [2.75, 3.05) is 30.0 Å². The molecule has 0 bridgehead atoms. The molecule has 0 fully saturated rings. The third-order valence-corrected chi connectivity index (χ3v) is 4.18. The predicted octanol–water partition coefficient (Wildman–Crippen LogP) is 4.30. The third kappa shape index (κ3) is 5.05. The number of para-hydroxylation sites is 2. The van der Waals surface area contributed by atoms with Gasteiger partial charge in [0.2, 0.25) is 11.9 Å². The SMILES string of the molecule is COc1nc(N(CC=CO)c2ccccc2)nc(N(CC=CO)c2ccccc2)n1. The highest BCUT2D eigenvalue weighted by atomic mass is 16.5. The lowest BCUT2D eigenvalue weighted by atomic mass is 10.3. The predicted molar refractivity (Wildman–Crippen MR) is 117 cm³/mol. The van der Waals surface area contributed by atoms with Crippen LogP contribution in [0.4, 0.5) is 23.3 Å². The topological polar surface area (TPSA) is 94.8 Å². The lowest BCUT2D eigenvalue weighted by Crippen LogP contribution is -2.24. The minimum atomic E-state index is 0.151. The Bertz CT molecular complexity index is 905. The molecule has 0 atom stereocenters. The first-order chi connectivity index (χ1) is 14.8. The lowest BCUT2D eigenvalue weighted by Gasteiger charge is -2.25. The largest absolute Gasteiger partial charge is 0.516 e. The van der Waals surface area contributed by atoms with Gasteiger partial charge in [-0.1, -0.05) is 36.4 Å². The quantitative estimate of drug-likeness (QED) is 0.509. The van der Waals surface area contributed by atoms with Crippen LogP contribution >= 0.6 is 0 Å². The number of rotatable bonds is 9. The van der Waals surface area contributed by atoms with E-state index in [9.17, 15) is 10.2 Å². The van der Waals surface area contributed by atoms with Gasteiger partial charge in [0.15, 0.2) is 0 Å². The van der Waals surface area contributed by atoms with E-state index in [-0.39, 0.29) is 6.01 Å². The zero-order valence-electron chi connectivity index (χ0n) is 16.5. The van der Waals surface area contributed by atoms with Crippen molar-refractivity contribution < 1.29 is 14.9 Å². The molecule has 0 aliphatic carbocycles. The molecule has 2 N–H and O–H groups in total. The summed E-state index contributed by atoms with van der Waals surface area (Å²) in [5.74, 6) is 0.713. The Kier molecular flexibility index (Phi) is 7.21. The molecule has 0 saturated carbocycles. The summed E-state index contributed by atoms with van der Waals surface area (Å²) in [6.45, 7) is 0.685. The van der Waals surface area contributed by atoms with E-state index in [1.807, 2.05) is 70.5 Å². The Morgan fingerprint density at radius 2 is 1.17 bits per heavy atom. The van der Waals surface area contributed by atoms with Crippen LogP contribution < -0.4 is 14.5 Å². The molecule has 8 nitrogen and oxygen atoms in total. The van der Waals surface area contributed by atoms with E-state index >= 15 is 0 Å². The van der Waals surface area contributed by atoms with Crippen molar-refractivity contribution in [1.29, 1.82) is 0 Å². The minimum absolute atomic E-state index is 0.151. The highest BCUT2D eigenvalue weighted by Gasteiger charge is 2.19. The van der Waals surface area contributed by atoms with Gasteiger partial charge in [-0.25, -0.2) is 0 Å². The minimum Gasteiger partial charge on any atom is -0.516 e. The summed E-state index contributed by atoms with van der Waals surface area (Å²) in [6.07, 6.45) is 5.15. The number of ether oxygens (including phenoxy) is 1. The molecule has 154 valence electrons. The molecule has 8 heteroatoms. The smallest absolute Gasteiger partial charge is 0.322 e. The van der Waals surface area contributed by atoms with Crippen LogP contribution in [0.1, 0.15) is 0 Å². The Balaban J connectivity index is 2.10. The number of aliphatic hydroxyl groups is 2. The lowest BCUT2D eigenvalue weighted by molar-refractivity contribution is 0.378. The highest BCUT2D eigenvalue weighted by molar-refractivity contribution is 5.62. The van der Waals surface area contributed by atoms with Crippen molar-refractivity contribution in [3.05, 3.63) is 85.3 Å². The Morgan fingerprint density at radius 3 is 1.53 bits per heavy atom. The Hall–Kier alpha value is -4.07. The maximum atomic E-state index is 9.17. The van der Waals surface area contributed by atoms with Crippen molar-refractivity contribution in [3.8, 4) is 6.01 Å². The Morgan fingerprint density at radius 1 is 0.733 bits per heavy atom. The fourth-order valence-corrected chi connectivity index (χ4v) is 2.79. The molecule has 0 unspecified atom stereocenters. The number of aromatic nitrogens is 3. The monoisotopic (exact) mass is 405 g/mol. The second-order valence-corrected chi connectivity index (χ2v) is 6.08.